The van der Waals surface area contributed by atoms with E-state index in [9.17, 15) is 13.2 Å². The van der Waals surface area contributed by atoms with Crippen molar-refractivity contribution in [3.63, 3.8) is 0 Å². The smallest absolute Gasteiger partial charge is 0.238 e. The zero-order chi connectivity index (χ0) is 18.9. The Kier molecular flexibility index (Phi) is 5.47. The van der Waals surface area contributed by atoms with Crippen molar-refractivity contribution < 1.29 is 13.2 Å². The maximum Gasteiger partial charge on any atom is 0.238 e. The summed E-state index contributed by atoms with van der Waals surface area (Å²) in [6, 6.07) is 6.43. The molecule has 8 heteroatoms. The van der Waals surface area contributed by atoms with Gasteiger partial charge in [-0.1, -0.05) is 19.1 Å². The molecule has 2 heterocycles. The SMILES string of the molecule is CCC(=O)c1sc(N2CCNCC2)c(C)c1-c1ccc(S(N)(=O)=O)cc1. The average Bonchev–Trinajstić information content (AvgIpc) is 2.98. The number of piperazine rings is 1. The Hall–Kier alpha value is -1.74. The van der Waals surface area contributed by atoms with E-state index < -0.39 is 10.0 Å². The van der Waals surface area contributed by atoms with Crippen molar-refractivity contribution in [2.75, 3.05) is 31.1 Å². The minimum absolute atomic E-state index is 0.0693. The van der Waals surface area contributed by atoms with Crippen LogP contribution < -0.4 is 15.4 Å². The van der Waals surface area contributed by atoms with Gasteiger partial charge >= 0.3 is 0 Å². The molecule has 1 aliphatic heterocycles. The summed E-state index contributed by atoms with van der Waals surface area (Å²) in [7, 11) is -3.73. The molecule has 0 amide bonds. The number of nitrogens with one attached hydrogen (secondary N) is 1. The predicted molar refractivity (Wildman–Crippen MR) is 106 cm³/mol. The van der Waals surface area contributed by atoms with Crippen molar-refractivity contribution >= 4 is 32.1 Å². The van der Waals surface area contributed by atoms with Gasteiger partial charge in [0.05, 0.1) is 14.8 Å². The molecule has 0 atom stereocenters. The molecule has 1 saturated heterocycles. The first-order chi connectivity index (χ1) is 12.3. The maximum absolute atomic E-state index is 12.5. The van der Waals surface area contributed by atoms with Gasteiger partial charge in [0, 0.05) is 38.2 Å². The number of hydrogen-bond acceptors (Lipinski definition) is 6. The van der Waals surface area contributed by atoms with Crippen LogP contribution in [0.5, 0.6) is 0 Å². The lowest BCUT2D eigenvalue weighted by atomic mass is 9.99. The molecular formula is C18H23N3O3S2. The fraction of sp³-hybridized carbons (Fsp3) is 0.389. The fourth-order valence-corrected chi connectivity index (χ4v) is 5.09. The van der Waals surface area contributed by atoms with Crippen molar-refractivity contribution in [2.45, 2.75) is 25.2 Å². The van der Waals surface area contributed by atoms with Crippen LogP contribution in [0, 0.1) is 6.92 Å². The molecule has 3 N–H and O–H groups in total. The van der Waals surface area contributed by atoms with Gasteiger partial charge in [0.25, 0.3) is 0 Å². The predicted octanol–water partition coefficient (Wildman–Crippen LogP) is 2.37. The van der Waals surface area contributed by atoms with Gasteiger partial charge in [-0.05, 0) is 30.2 Å². The summed E-state index contributed by atoms with van der Waals surface area (Å²) in [5.74, 6) is 0.102. The third-order valence-electron chi connectivity index (χ3n) is 4.57. The lowest BCUT2D eigenvalue weighted by Gasteiger charge is -2.28. The third kappa shape index (κ3) is 3.68. The standard InChI is InChI=1S/C18H23N3O3S2/c1-3-15(22)17-16(13-4-6-14(7-5-13)26(19,23)24)12(2)18(25-17)21-10-8-20-9-11-21/h4-7,20H,3,8-11H2,1-2H3,(H2,19,23,24). The number of ketones is 1. The second-order valence-electron chi connectivity index (χ2n) is 6.32. The van der Waals surface area contributed by atoms with E-state index in [1.54, 1.807) is 12.1 Å². The highest BCUT2D eigenvalue weighted by Gasteiger charge is 2.24. The van der Waals surface area contributed by atoms with E-state index in [0.717, 1.165) is 52.7 Å². The summed E-state index contributed by atoms with van der Waals surface area (Å²) in [5, 5.41) is 9.64. The van der Waals surface area contributed by atoms with E-state index in [1.807, 2.05) is 13.8 Å². The highest BCUT2D eigenvalue weighted by molar-refractivity contribution is 7.89. The van der Waals surface area contributed by atoms with E-state index in [0.29, 0.717) is 6.42 Å². The van der Waals surface area contributed by atoms with Gasteiger partial charge in [0.15, 0.2) is 5.78 Å². The number of Topliss-reactive ketones (excluding diaryl/α,β-unsaturated/α-hetero) is 1. The molecular weight excluding hydrogens is 370 g/mol. The Balaban J connectivity index is 2.09. The molecule has 3 rings (SSSR count). The van der Waals surface area contributed by atoms with Gasteiger partial charge in [-0.25, -0.2) is 13.6 Å². The second-order valence-corrected chi connectivity index (χ2v) is 8.88. The quantitative estimate of drug-likeness (QED) is 0.761. The molecule has 0 radical (unpaired) electrons. The van der Waals surface area contributed by atoms with Gasteiger partial charge in [-0.3, -0.25) is 4.79 Å². The molecule has 26 heavy (non-hydrogen) atoms. The first kappa shape index (κ1) is 19.0. The molecule has 1 aliphatic rings. The first-order valence-corrected chi connectivity index (χ1v) is 10.9. The average molecular weight is 394 g/mol. The number of carbonyl (C=O) groups excluding carboxylic acids is 1. The van der Waals surface area contributed by atoms with Crippen LogP contribution in [0.1, 0.15) is 28.6 Å². The molecule has 2 aromatic rings. The molecule has 0 spiro atoms. The number of anilines is 1. The molecule has 1 fully saturated rings. The van der Waals surface area contributed by atoms with Crippen LogP contribution in [0.15, 0.2) is 29.2 Å². The number of hydrogen-bond donors (Lipinski definition) is 2. The van der Waals surface area contributed by atoms with E-state index >= 15 is 0 Å². The van der Waals surface area contributed by atoms with E-state index in [1.165, 1.54) is 23.5 Å². The monoisotopic (exact) mass is 393 g/mol. The highest BCUT2D eigenvalue weighted by atomic mass is 32.2. The van der Waals surface area contributed by atoms with Crippen LogP contribution in [0.3, 0.4) is 0 Å². The lowest BCUT2D eigenvalue weighted by Crippen LogP contribution is -2.43. The fourth-order valence-electron chi connectivity index (χ4n) is 3.19. The zero-order valence-electron chi connectivity index (χ0n) is 14.9. The number of primary sulfonamides is 1. The third-order valence-corrected chi connectivity index (χ3v) is 6.89. The number of benzene rings is 1. The lowest BCUT2D eigenvalue weighted by molar-refractivity contribution is 0.0992. The number of nitrogens with zero attached hydrogens (tertiary/aromatic N) is 1. The second kappa shape index (κ2) is 7.48. The minimum Gasteiger partial charge on any atom is -0.361 e. The van der Waals surface area contributed by atoms with Crippen molar-refractivity contribution in [2.24, 2.45) is 5.14 Å². The van der Waals surface area contributed by atoms with E-state index in [-0.39, 0.29) is 10.7 Å². The number of carbonyl (C=O) groups is 1. The van der Waals surface area contributed by atoms with Gasteiger partial charge in [0.1, 0.15) is 0 Å². The highest BCUT2D eigenvalue weighted by Crippen LogP contribution is 2.42. The maximum atomic E-state index is 12.5. The van der Waals surface area contributed by atoms with Crippen LogP contribution in [0.2, 0.25) is 0 Å². The number of thiophene rings is 1. The molecule has 1 aromatic carbocycles. The van der Waals surface area contributed by atoms with Crippen LogP contribution >= 0.6 is 11.3 Å². The normalized spacial score (nSPS) is 15.3. The molecule has 6 nitrogen and oxygen atoms in total. The molecule has 140 valence electrons. The summed E-state index contributed by atoms with van der Waals surface area (Å²) < 4.78 is 23.0. The van der Waals surface area contributed by atoms with Gasteiger partial charge in [-0.15, -0.1) is 11.3 Å². The van der Waals surface area contributed by atoms with Gasteiger partial charge in [-0.2, -0.15) is 0 Å². The number of nitrogens with two attached hydrogens (primary N) is 1. The molecule has 0 bridgehead atoms. The minimum atomic E-state index is -3.73. The Labute approximate surface area is 158 Å². The first-order valence-electron chi connectivity index (χ1n) is 8.58. The Morgan fingerprint density at radius 2 is 1.85 bits per heavy atom. The molecule has 1 aromatic heterocycles. The summed E-state index contributed by atoms with van der Waals surface area (Å²) >= 11 is 1.54. The topological polar surface area (TPSA) is 92.5 Å². The number of rotatable bonds is 5. The van der Waals surface area contributed by atoms with Crippen LogP contribution in [0.25, 0.3) is 11.1 Å². The summed E-state index contributed by atoms with van der Waals surface area (Å²) in [6.45, 7) is 7.55. The van der Waals surface area contributed by atoms with Crippen LogP contribution in [-0.2, 0) is 10.0 Å². The summed E-state index contributed by atoms with van der Waals surface area (Å²) in [5.41, 5.74) is 2.80. The summed E-state index contributed by atoms with van der Waals surface area (Å²) in [4.78, 5) is 15.7. The molecule has 0 aliphatic carbocycles. The van der Waals surface area contributed by atoms with Gasteiger partial charge < -0.3 is 10.2 Å². The summed E-state index contributed by atoms with van der Waals surface area (Å²) in [6.07, 6.45) is 0.434. The van der Waals surface area contributed by atoms with Crippen LogP contribution in [-0.4, -0.2) is 40.4 Å². The Morgan fingerprint density at radius 1 is 1.23 bits per heavy atom. The number of sulfonamides is 1. The molecule has 0 saturated carbocycles. The van der Waals surface area contributed by atoms with Crippen molar-refractivity contribution in [1.29, 1.82) is 0 Å². The van der Waals surface area contributed by atoms with Crippen molar-refractivity contribution in [1.82, 2.24) is 5.32 Å². The van der Waals surface area contributed by atoms with Gasteiger partial charge in [0.2, 0.25) is 10.0 Å². The largest absolute Gasteiger partial charge is 0.361 e. The molecule has 0 unspecified atom stereocenters. The zero-order valence-corrected chi connectivity index (χ0v) is 16.5. The Bertz CT molecular complexity index is 912. The van der Waals surface area contributed by atoms with Crippen molar-refractivity contribution in [3.8, 4) is 11.1 Å². The van der Waals surface area contributed by atoms with E-state index in [4.69, 9.17) is 5.14 Å². The van der Waals surface area contributed by atoms with Crippen molar-refractivity contribution in [3.05, 3.63) is 34.7 Å². The Morgan fingerprint density at radius 3 is 2.38 bits per heavy atom. The van der Waals surface area contributed by atoms with Crippen LogP contribution in [0.4, 0.5) is 5.00 Å². The van der Waals surface area contributed by atoms with E-state index in [2.05, 4.69) is 10.2 Å².